The number of hydrogen-bond acceptors (Lipinski definition) is 6. The predicted molar refractivity (Wildman–Crippen MR) is 111 cm³/mol. The molecule has 0 bridgehead atoms. The average Bonchev–Trinajstić information content (AvgIpc) is 3.23. The summed E-state index contributed by atoms with van der Waals surface area (Å²) in [7, 11) is 1.62. The zero-order valence-corrected chi connectivity index (χ0v) is 16.9. The minimum absolute atomic E-state index is 0.0287. The molecule has 2 aromatic rings. The maximum absolute atomic E-state index is 14.4. The lowest BCUT2D eigenvalue weighted by Gasteiger charge is -2.24. The minimum atomic E-state index is -0.533. The van der Waals surface area contributed by atoms with E-state index in [1.54, 1.807) is 13.2 Å². The molecule has 2 atom stereocenters. The standard InChI is InChI=1S/C23H24FN3O3/c1-28-14-18-11-23(30-27-18)20-5-2-15(8-19-13-26-6-7-29-19)9-21(20)16-3-4-17(12-25)22(24)10-16/h2-5,9-10,19,23,26H,6-8,11,13-14H2,1H3. The molecule has 7 heteroatoms. The molecule has 4 rings (SSSR count). The van der Waals surface area contributed by atoms with E-state index in [9.17, 15) is 4.39 Å². The van der Waals surface area contributed by atoms with Crippen LogP contribution >= 0.6 is 0 Å². The Balaban J connectivity index is 1.67. The summed E-state index contributed by atoms with van der Waals surface area (Å²) in [5.74, 6) is -0.533. The average molecular weight is 409 g/mol. The number of methoxy groups -OCH3 is 1. The number of benzene rings is 2. The van der Waals surface area contributed by atoms with Crippen LogP contribution in [0.3, 0.4) is 0 Å². The van der Waals surface area contributed by atoms with Crippen molar-refractivity contribution in [3.8, 4) is 17.2 Å². The molecule has 2 aromatic carbocycles. The first kappa shape index (κ1) is 20.5. The van der Waals surface area contributed by atoms with E-state index in [-0.39, 0.29) is 17.8 Å². The molecule has 0 saturated carbocycles. The van der Waals surface area contributed by atoms with Crippen molar-refractivity contribution in [2.45, 2.75) is 25.0 Å². The summed E-state index contributed by atoms with van der Waals surface area (Å²) in [4.78, 5) is 5.66. The molecule has 2 aliphatic heterocycles. The van der Waals surface area contributed by atoms with Crippen LogP contribution in [0.1, 0.15) is 29.2 Å². The van der Waals surface area contributed by atoms with E-state index in [0.29, 0.717) is 25.2 Å². The Hall–Kier alpha value is -2.79. The highest BCUT2D eigenvalue weighted by atomic mass is 19.1. The van der Waals surface area contributed by atoms with Crippen LogP contribution in [0.25, 0.3) is 11.1 Å². The predicted octanol–water partition coefficient (Wildman–Crippen LogP) is 3.36. The lowest BCUT2D eigenvalue weighted by atomic mass is 9.90. The van der Waals surface area contributed by atoms with E-state index in [0.717, 1.165) is 41.9 Å². The molecule has 0 amide bonds. The fourth-order valence-electron chi connectivity index (χ4n) is 3.89. The number of nitriles is 1. The van der Waals surface area contributed by atoms with Gasteiger partial charge in [-0.05, 0) is 35.2 Å². The molecule has 0 radical (unpaired) electrons. The molecule has 1 fully saturated rings. The maximum atomic E-state index is 14.4. The third-order valence-corrected chi connectivity index (χ3v) is 5.37. The normalized spacial score (nSPS) is 21.0. The quantitative estimate of drug-likeness (QED) is 0.792. The van der Waals surface area contributed by atoms with Gasteiger partial charge < -0.3 is 19.6 Å². The molecule has 1 N–H and O–H groups in total. The van der Waals surface area contributed by atoms with Gasteiger partial charge in [-0.1, -0.05) is 29.4 Å². The van der Waals surface area contributed by atoms with Crippen molar-refractivity contribution in [1.29, 1.82) is 5.26 Å². The number of oxime groups is 1. The van der Waals surface area contributed by atoms with E-state index < -0.39 is 5.82 Å². The molecule has 156 valence electrons. The Morgan fingerprint density at radius 3 is 2.93 bits per heavy atom. The van der Waals surface area contributed by atoms with Crippen LogP contribution < -0.4 is 5.32 Å². The summed E-state index contributed by atoms with van der Waals surface area (Å²) < 4.78 is 25.4. The van der Waals surface area contributed by atoms with Crippen molar-refractivity contribution in [2.75, 3.05) is 33.4 Å². The molecule has 2 aliphatic rings. The second kappa shape index (κ2) is 9.35. The molecule has 2 heterocycles. The van der Waals surface area contributed by atoms with Gasteiger partial charge in [0.25, 0.3) is 0 Å². The van der Waals surface area contributed by atoms with Gasteiger partial charge in [-0.3, -0.25) is 0 Å². The number of halogens is 1. The second-order valence-electron chi connectivity index (χ2n) is 7.52. The van der Waals surface area contributed by atoms with Gasteiger partial charge in [-0.25, -0.2) is 4.39 Å². The van der Waals surface area contributed by atoms with Gasteiger partial charge in [0.15, 0.2) is 6.10 Å². The number of ether oxygens (including phenoxy) is 2. The molecule has 0 aromatic heterocycles. The highest BCUT2D eigenvalue weighted by Crippen LogP contribution is 2.36. The van der Waals surface area contributed by atoms with Gasteiger partial charge in [-0.2, -0.15) is 5.26 Å². The van der Waals surface area contributed by atoms with Gasteiger partial charge >= 0.3 is 0 Å². The van der Waals surface area contributed by atoms with E-state index in [1.165, 1.54) is 12.1 Å². The number of nitrogens with zero attached hydrogens (tertiary/aromatic N) is 2. The lowest BCUT2D eigenvalue weighted by molar-refractivity contribution is 0.0292. The Morgan fingerprint density at radius 2 is 2.20 bits per heavy atom. The van der Waals surface area contributed by atoms with Crippen LogP contribution in [0.2, 0.25) is 0 Å². The van der Waals surface area contributed by atoms with Crippen molar-refractivity contribution >= 4 is 5.71 Å². The second-order valence-corrected chi connectivity index (χ2v) is 7.52. The van der Waals surface area contributed by atoms with Crippen molar-refractivity contribution in [2.24, 2.45) is 5.16 Å². The first-order chi connectivity index (χ1) is 14.7. The third-order valence-electron chi connectivity index (χ3n) is 5.37. The first-order valence-electron chi connectivity index (χ1n) is 10.0. The molecular weight excluding hydrogens is 385 g/mol. The van der Waals surface area contributed by atoms with Crippen LogP contribution in [0.15, 0.2) is 41.6 Å². The summed E-state index contributed by atoms with van der Waals surface area (Å²) in [5, 5.41) is 16.5. The summed E-state index contributed by atoms with van der Waals surface area (Å²) in [6, 6.07) is 12.7. The first-order valence-corrected chi connectivity index (χ1v) is 10.0. The molecule has 0 aliphatic carbocycles. The number of nitrogens with one attached hydrogen (secondary N) is 1. The van der Waals surface area contributed by atoms with Crippen molar-refractivity contribution in [3.63, 3.8) is 0 Å². The molecule has 30 heavy (non-hydrogen) atoms. The van der Waals surface area contributed by atoms with Crippen LogP contribution in [-0.2, 0) is 20.7 Å². The molecule has 2 unspecified atom stereocenters. The fourth-order valence-corrected chi connectivity index (χ4v) is 3.89. The van der Waals surface area contributed by atoms with E-state index >= 15 is 0 Å². The zero-order valence-electron chi connectivity index (χ0n) is 16.9. The molecule has 6 nitrogen and oxygen atoms in total. The monoisotopic (exact) mass is 409 g/mol. The van der Waals surface area contributed by atoms with Crippen LogP contribution in [0, 0.1) is 17.1 Å². The fraction of sp³-hybridized carbons (Fsp3) is 0.391. The van der Waals surface area contributed by atoms with Crippen LogP contribution in [0.5, 0.6) is 0 Å². The Kier molecular flexibility index (Phi) is 6.38. The van der Waals surface area contributed by atoms with E-state index in [4.69, 9.17) is 19.6 Å². The minimum Gasteiger partial charge on any atom is -0.387 e. The van der Waals surface area contributed by atoms with Crippen molar-refractivity contribution < 1.29 is 18.7 Å². The SMILES string of the molecule is COCC1=NOC(c2ccc(CC3CNCCO3)cc2-c2ccc(C#N)c(F)c2)C1. The largest absolute Gasteiger partial charge is 0.387 e. The highest BCUT2D eigenvalue weighted by Gasteiger charge is 2.26. The maximum Gasteiger partial charge on any atom is 0.158 e. The van der Waals surface area contributed by atoms with Gasteiger partial charge in [0.05, 0.1) is 30.6 Å². The summed E-state index contributed by atoms with van der Waals surface area (Å²) >= 11 is 0. The van der Waals surface area contributed by atoms with Gasteiger partial charge in [0.1, 0.15) is 11.9 Å². The number of hydrogen-bond donors (Lipinski definition) is 1. The summed E-state index contributed by atoms with van der Waals surface area (Å²) in [6.07, 6.45) is 1.23. The number of rotatable bonds is 6. The van der Waals surface area contributed by atoms with Crippen LogP contribution in [0.4, 0.5) is 4.39 Å². The van der Waals surface area contributed by atoms with E-state index in [2.05, 4.69) is 22.6 Å². The third kappa shape index (κ3) is 4.51. The molecule has 0 spiro atoms. The Bertz CT molecular complexity index is 980. The van der Waals surface area contributed by atoms with Crippen molar-refractivity contribution in [3.05, 3.63) is 58.9 Å². The van der Waals surface area contributed by atoms with Crippen LogP contribution in [-0.4, -0.2) is 45.2 Å². The van der Waals surface area contributed by atoms with E-state index in [1.807, 2.05) is 12.1 Å². The molecular formula is C23H24FN3O3. The summed E-state index contributed by atoms with van der Waals surface area (Å²) in [6.45, 7) is 2.80. The molecule has 1 saturated heterocycles. The zero-order chi connectivity index (χ0) is 20.9. The van der Waals surface area contributed by atoms with Crippen molar-refractivity contribution in [1.82, 2.24) is 5.32 Å². The number of morpholine rings is 1. The topological polar surface area (TPSA) is 75.9 Å². The lowest BCUT2D eigenvalue weighted by Crippen LogP contribution is -2.39. The highest BCUT2D eigenvalue weighted by molar-refractivity contribution is 5.87. The van der Waals surface area contributed by atoms with Gasteiger partial charge in [0.2, 0.25) is 0 Å². The van der Waals surface area contributed by atoms with Gasteiger partial charge in [-0.15, -0.1) is 0 Å². The van der Waals surface area contributed by atoms with Gasteiger partial charge in [0, 0.05) is 32.2 Å². The summed E-state index contributed by atoms with van der Waals surface area (Å²) in [5.41, 5.74) is 4.48. The Morgan fingerprint density at radius 1 is 1.30 bits per heavy atom. The smallest absolute Gasteiger partial charge is 0.158 e. The Labute approximate surface area is 175 Å².